The van der Waals surface area contributed by atoms with Crippen molar-refractivity contribution in [1.82, 2.24) is 5.32 Å². The summed E-state index contributed by atoms with van der Waals surface area (Å²) in [5.74, 6) is -1.28. The zero-order valence-electron chi connectivity index (χ0n) is 32.9. The van der Waals surface area contributed by atoms with E-state index in [0.717, 1.165) is 83.5 Å². The Kier molecular flexibility index (Phi) is 36.5. The first kappa shape index (κ1) is 48.3. The van der Waals surface area contributed by atoms with Crippen LogP contribution in [0.3, 0.4) is 0 Å². The van der Waals surface area contributed by atoms with Crippen molar-refractivity contribution < 1.29 is 24.2 Å². The Morgan fingerprint density at radius 1 is 0.588 bits per heavy atom. The van der Waals surface area contributed by atoms with Crippen molar-refractivity contribution in [3.05, 3.63) is 48.6 Å². The standard InChI is InChI=1S/C44H78N2O5/c1-3-5-7-9-10-11-12-13-14-15-16-17-18-19-20-21-22-23-24-26-32-38-43(48)51-40(34-29-25-8-6-4-2)35-30-27-28-31-37-42(47)46-41(44(49)50)36-33-39-45/h5,7,10-11,13-14,16-17,40-41H,3-4,6,8-9,12,15,18-39,45H2,1-2H3,(H,46,47)(H,49,50)/b7-5-,11-10-,14-13-,17-16-. The molecular formula is C44H78N2O5. The van der Waals surface area contributed by atoms with Gasteiger partial charge in [0.05, 0.1) is 0 Å². The first-order valence-electron chi connectivity index (χ1n) is 21.0. The molecule has 0 aromatic carbocycles. The summed E-state index contributed by atoms with van der Waals surface area (Å²) in [5, 5.41) is 11.9. The van der Waals surface area contributed by atoms with Crippen molar-refractivity contribution >= 4 is 17.8 Å². The van der Waals surface area contributed by atoms with Crippen LogP contribution in [0.1, 0.15) is 194 Å². The number of hydrogen-bond donors (Lipinski definition) is 3. The molecule has 51 heavy (non-hydrogen) atoms. The van der Waals surface area contributed by atoms with Gasteiger partial charge in [0.15, 0.2) is 0 Å². The average Bonchev–Trinajstić information content (AvgIpc) is 3.11. The first-order chi connectivity index (χ1) is 24.9. The summed E-state index contributed by atoms with van der Waals surface area (Å²) >= 11 is 0. The van der Waals surface area contributed by atoms with Crippen LogP contribution in [0.4, 0.5) is 0 Å². The lowest BCUT2D eigenvalue weighted by Crippen LogP contribution is -2.40. The average molecular weight is 715 g/mol. The van der Waals surface area contributed by atoms with Crippen LogP contribution in [0, 0.1) is 0 Å². The van der Waals surface area contributed by atoms with E-state index in [1.807, 2.05) is 0 Å². The second-order valence-corrected chi connectivity index (χ2v) is 14.0. The van der Waals surface area contributed by atoms with E-state index >= 15 is 0 Å². The molecule has 7 nitrogen and oxygen atoms in total. The fraction of sp³-hybridized carbons (Fsp3) is 0.750. The van der Waals surface area contributed by atoms with Crippen LogP contribution in [-0.2, 0) is 19.1 Å². The molecule has 0 rings (SSSR count). The van der Waals surface area contributed by atoms with Gasteiger partial charge in [0.2, 0.25) is 5.91 Å². The molecule has 0 spiro atoms. The summed E-state index contributed by atoms with van der Waals surface area (Å²) in [7, 11) is 0. The number of unbranched alkanes of at least 4 members (excludes halogenated alkanes) is 15. The molecule has 0 fully saturated rings. The number of allylic oxidation sites excluding steroid dienone is 8. The number of carbonyl (C=O) groups is 3. The molecule has 0 heterocycles. The highest BCUT2D eigenvalue weighted by atomic mass is 16.5. The maximum absolute atomic E-state index is 12.7. The van der Waals surface area contributed by atoms with Gasteiger partial charge in [0, 0.05) is 12.8 Å². The normalized spacial score (nSPS) is 13.2. The van der Waals surface area contributed by atoms with Gasteiger partial charge in [0.25, 0.3) is 0 Å². The number of amides is 1. The molecule has 0 bridgehead atoms. The van der Waals surface area contributed by atoms with E-state index in [1.165, 1.54) is 70.6 Å². The summed E-state index contributed by atoms with van der Waals surface area (Å²) in [4.78, 5) is 36.2. The van der Waals surface area contributed by atoms with Gasteiger partial charge in [-0.2, -0.15) is 0 Å². The lowest BCUT2D eigenvalue weighted by Gasteiger charge is -2.18. The molecule has 7 heteroatoms. The predicted molar refractivity (Wildman–Crippen MR) is 216 cm³/mol. The predicted octanol–water partition coefficient (Wildman–Crippen LogP) is 11.6. The fourth-order valence-corrected chi connectivity index (χ4v) is 6.03. The Labute approximate surface area is 313 Å². The zero-order valence-corrected chi connectivity index (χ0v) is 32.9. The first-order valence-corrected chi connectivity index (χ1v) is 21.0. The number of rotatable bonds is 37. The third kappa shape index (κ3) is 35.5. The van der Waals surface area contributed by atoms with E-state index in [0.29, 0.717) is 32.2 Å². The minimum atomic E-state index is -1.01. The lowest BCUT2D eigenvalue weighted by molar-refractivity contribution is -0.150. The number of carbonyl (C=O) groups excluding carboxylic acids is 2. The maximum atomic E-state index is 12.7. The molecule has 2 unspecified atom stereocenters. The van der Waals surface area contributed by atoms with Crippen LogP contribution in [0.15, 0.2) is 48.6 Å². The minimum absolute atomic E-state index is 0.0158. The molecule has 1 amide bonds. The van der Waals surface area contributed by atoms with Crippen LogP contribution < -0.4 is 11.1 Å². The molecule has 4 N–H and O–H groups in total. The Balaban J connectivity index is 4.04. The Hall–Kier alpha value is -2.67. The number of esters is 1. The summed E-state index contributed by atoms with van der Waals surface area (Å²) < 4.78 is 5.96. The smallest absolute Gasteiger partial charge is 0.326 e. The van der Waals surface area contributed by atoms with E-state index in [1.54, 1.807) is 0 Å². The van der Waals surface area contributed by atoms with E-state index in [2.05, 4.69) is 67.8 Å². The van der Waals surface area contributed by atoms with Crippen LogP contribution in [0.25, 0.3) is 0 Å². The molecule has 0 aromatic rings. The van der Waals surface area contributed by atoms with Gasteiger partial charge in [-0.25, -0.2) is 4.79 Å². The molecule has 0 aliphatic carbocycles. The monoisotopic (exact) mass is 715 g/mol. The highest BCUT2D eigenvalue weighted by Crippen LogP contribution is 2.18. The number of aliphatic carboxylic acids is 1. The molecule has 2 atom stereocenters. The number of nitrogens with two attached hydrogens (primary N) is 1. The number of carboxylic acid groups (broad SMARTS) is 1. The van der Waals surface area contributed by atoms with Crippen LogP contribution in [0.5, 0.6) is 0 Å². The van der Waals surface area contributed by atoms with Crippen LogP contribution >= 0.6 is 0 Å². The van der Waals surface area contributed by atoms with Crippen molar-refractivity contribution in [2.24, 2.45) is 5.73 Å². The minimum Gasteiger partial charge on any atom is -0.480 e. The molecule has 294 valence electrons. The second-order valence-electron chi connectivity index (χ2n) is 14.0. The van der Waals surface area contributed by atoms with Crippen molar-refractivity contribution in [1.29, 1.82) is 0 Å². The van der Waals surface area contributed by atoms with Crippen LogP contribution in [-0.4, -0.2) is 41.6 Å². The molecule has 0 saturated heterocycles. The largest absolute Gasteiger partial charge is 0.480 e. The maximum Gasteiger partial charge on any atom is 0.326 e. The van der Waals surface area contributed by atoms with E-state index < -0.39 is 12.0 Å². The molecule has 0 radical (unpaired) electrons. The van der Waals surface area contributed by atoms with Gasteiger partial charge in [-0.1, -0.05) is 140 Å². The van der Waals surface area contributed by atoms with Gasteiger partial charge in [-0.05, 0) is 96.4 Å². The molecule has 0 aliphatic heterocycles. The molecular weight excluding hydrogens is 636 g/mol. The third-order valence-corrected chi connectivity index (χ3v) is 9.16. The van der Waals surface area contributed by atoms with Gasteiger partial charge >= 0.3 is 11.9 Å². The van der Waals surface area contributed by atoms with E-state index in [4.69, 9.17) is 10.5 Å². The fourth-order valence-electron chi connectivity index (χ4n) is 6.03. The number of nitrogens with one attached hydrogen (secondary N) is 1. The summed E-state index contributed by atoms with van der Waals surface area (Å²) in [6, 6.07) is -0.864. The van der Waals surface area contributed by atoms with Crippen molar-refractivity contribution in [3.8, 4) is 0 Å². The number of ether oxygens (including phenoxy) is 1. The van der Waals surface area contributed by atoms with Crippen LogP contribution in [0.2, 0.25) is 0 Å². The van der Waals surface area contributed by atoms with Gasteiger partial charge in [-0.3, -0.25) is 9.59 Å². The second kappa shape index (κ2) is 38.6. The highest BCUT2D eigenvalue weighted by Gasteiger charge is 2.19. The molecule has 0 aliphatic rings. The van der Waals surface area contributed by atoms with Gasteiger partial charge in [0.1, 0.15) is 12.1 Å². The topological polar surface area (TPSA) is 119 Å². The SMILES string of the molecule is CC/C=C\C/C=C\C/C=C\C/C=C\CCCCCCCCCCC(=O)OC(CCCCCCC)CCCCCCC(=O)NC(CCCN)C(=O)O. The van der Waals surface area contributed by atoms with E-state index in [9.17, 15) is 19.5 Å². The molecule has 0 saturated carbocycles. The number of carboxylic acids is 1. The summed E-state index contributed by atoms with van der Waals surface area (Å²) in [6.45, 7) is 4.79. The van der Waals surface area contributed by atoms with E-state index in [-0.39, 0.29) is 18.0 Å². The lowest BCUT2D eigenvalue weighted by atomic mass is 10.0. The summed E-state index contributed by atoms with van der Waals surface area (Å²) in [6.07, 6.45) is 46.0. The Bertz CT molecular complexity index is 942. The number of hydrogen-bond acceptors (Lipinski definition) is 5. The quantitative estimate of drug-likeness (QED) is 0.0335. The van der Waals surface area contributed by atoms with Crippen molar-refractivity contribution in [3.63, 3.8) is 0 Å². The van der Waals surface area contributed by atoms with Gasteiger partial charge in [-0.15, -0.1) is 0 Å². The zero-order chi connectivity index (χ0) is 37.5. The highest BCUT2D eigenvalue weighted by molar-refractivity contribution is 5.83. The van der Waals surface area contributed by atoms with Crippen molar-refractivity contribution in [2.75, 3.05) is 6.54 Å². The van der Waals surface area contributed by atoms with Gasteiger partial charge < -0.3 is 20.9 Å². The summed E-state index contributed by atoms with van der Waals surface area (Å²) in [5.41, 5.74) is 5.47. The Morgan fingerprint density at radius 3 is 1.63 bits per heavy atom. The molecule has 0 aromatic heterocycles. The Morgan fingerprint density at radius 2 is 1.08 bits per heavy atom. The third-order valence-electron chi connectivity index (χ3n) is 9.16. The van der Waals surface area contributed by atoms with Crippen molar-refractivity contribution in [2.45, 2.75) is 206 Å².